The van der Waals surface area contributed by atoms with E-state index in [4.69, 9.17) is 102 Å². The molecule has 21 nitrogen and oxygen atoms in total. The highest BCUT2D eigenvalue weighted by Crippen LogP contribution is 2.43. The lowest BCUT2D eigenvalue weighted by molar-refractivity contribution is 0.0175. The number of likely N-dealkylation sites (tertiary alicyclic amines) is 2. The van der Waals surface area contributed by atoms with Crippen LogP contribution in [0.2, 0.25) is 40.2 Å². The Morgan fingerprint density at radius 1 is 0.394 bits per heavy atom. The molecule has 0 spiro atoms. The molecular formula is C96H95Cl8F2N15O6. The zero-order valence-corrected chi connectivity index (χ0v) is 78.2. The van der Waals surface area contributed by atoms with Crippen LogP contribution in [0.3, 0.4) is 0 Å². The van der Waals surface area contributed by atoms with Gasteiger partial charge in [-0.05, 0) is 188 Å². The fraction of sp³-hybridized carbons (Fsp3) is 0.385. The summed E-state index contributed by atoms with van der Waals surface area (Å²) in [6.07, 6.45) is 15.8. The van der Waals surface area contributed by atoms with Crippen molar-refractivity contribution in [1.29, 1.82) is 15.8 Å². The molecule has 5 fully saturated rings. The molecule has 4 saturated heterocycles. The molecule has 4 aromatic carbocycles. The molecule has 8 aromatic heterocycles. The van der Waals surface area contributed by atoms with Gasteiger partial charge in [0.05, 0.1) is 102 Å². The normalized spacial score (nSPS) is 15.3. The minimum absolute atomic E-state index is 0.0337. The number of amides is 4. The summed E-state index contributed by atoms with van der Waals surface area (Å²) in [5.41, 5.74) is 16.7. The smallest absolute Gasteiger partial charge is 0.274 e. The Kier molecular flexibility index (Phi) is 29.1. The first-order chi connectivity index (χ1) is 60.6. The number of aryl methyl sites for hydroxylation is 8. The van der Waals surface area contributed by atoms with Gasteiger partial charge in [0, 0.05) is 210 Å². The van der Waals surface area contributed by atoms with Gasteiger partial charge in [0.1, 0.15) is 22.8 Å². The second-order valence-electron chi connectivity index (χ2n) is 33.7. The lowest BCUT2D eigenvalue weighted by Crippen LogP contribution is -2.41. The van der Waals surface area contributed by atoms with Gasteiger partial charge in [-0.2, -0.15) is 15.8 Å². The van der Waals surface area contributed by atoms with Crippen molar-refractivity contribution in [3.05, 3.63) is 250 Å². The predicted molar refractivity (Wildman–Crippen MR) is 496 cm³/mol. The van der Waals surface area contributed by atoms with E-state index in [1.54, 1.807) is 16.0 Å². The fourth-order valence-corrected chi connectivity index (χ4v) is 19.8. The van der Waals surface area contributed by atoms with Gasteiger partial charge in [-0.15, -0.1) is 0 Å². The molecule has 0 atom stereocenters. The third-order valence-corrected chi connectivity index (χ3v) is 28.5. The van der Waals surface area contributed by atoms with Gasteiger partial charge in [0.2, 0.25) is 0 Å². The number of piperidine rings is 2. The maximum atomic E-state index is 13.9. The maximum absolute atomic E-state index is 13.9. The van der Waals surface area contributed by atoms with Crippen LogP contribution in [-0.2, 0) is 69.3 Å². The van der Waals surface area contributed by atoms with Crippen molar-refractivity contribution >= 4 is 160 Å². The average molecular weight is 1880 g/mol. The average Bonchev–Trinajstić information content (AvgIpc) is 1.65. The van der Waals surface area contributed by atoms with Crippen molar-refractivity contribution in [2.45, 2.75) is 118 Å². The van der Waals surface area contributed by atoms with E-state index in [2.05, 4.69) is 67.8 Å². The maximum Gasteiger partial charge on any atom is 0.274 e. The Labute approximate surface area is 776 Å². The van der Waals surface area contributed by atoms with Crippen molar-refractivity contribution in [3.63, 3.8) is 0 Å². The Hall–Kier alpha value is -9.91. The summed E-state index contributed by atoms with van der Waals surface area (Å²) in [6.45, 7) is 17.8. The van der Waals surface area contributed by atoms with Crippen molar-refractivity contribution in [2.75, 3.05) is 78.8 Å². The molecule has 127 heavy (non-hydrogen) atoms. The number of carbonyl (C=O) groups is 4. The van der Waals surface area contributed by atoms with Gasteiger partial charge in [0.15, 0.2) is 0 Å². The highest BCUT2D eigenvalue weighted by molar-refractivity contribution is 6.40. The van der Waals surface area contributed by atoms with Crippen LogP contribution in [-0.4, -0.2) is 160 Å². The number of aromatic nitrogens is 8. The molecule has 660 valence electrons. The summed E-state index contributed by atoms with van der Waals surface area (Å²) in [5, 5.41) is 34.8. The van der Waals surface area contributed by atoms with Crippen LogP contribution in [0.5, 0.6) is 0 Å². The van der Waals surface area contributed by atoms with Crippen LogP contribution in [0.25, 0.3) is 43.6 Å². The van der Waals surface area contributed by atoms with E-state index in [1.807, 2.05) is 122 Å². The number of fused-ring (bicyclic) bond motifs is 4. The molecule has 5 aliphatic rings. The van der Waals surface area contributed by atoms with Gasteiger partial charge in [-0.3, -0.25) is 19.2 Å². The number of ether oxygens (including phenoxy) is 2. The zero-order chi connectivity index (χ0) is 90.9. The minimum atomic E-state index is -2.93. The van der Waals surface area contributed by atoms with Crippen LogP contribution in [0.15, 0.2) is 97.6 Å². The number of rotatable bonds is 14. The number of pyridine rings is 4. The van der Waals surface area contributed by atoms with E-state index in [1.165, 1.54) is 50.0 Å². The second kappa shape index (κ2) is 39.6. The first kappa shape index (κ1) is 93.2. The summed E-state index contributed by atoms with van der Waals surface area (Å²) in [7, 11) is 7.69. The molecule has 12 heterocycles. The van der Waals surface area contributed by atoms with Gasteiger partial charge < -0.3 is 47.3 Å². The predicted octanol–water partition coefficient (Wildman–Crippen LogP) is 21.3. The first-order valence-corrected chi connectivity index (χ1v) is 45.3. The molecule has 1 saturated carbocycles. The number of nitriles is 3. The van der Waals surface area contributed by atoms with E-state index >= 15 is 0 Å². The quantitative estimate of drug-likeness (QED) is 0.0985. The SMILES string of the molecule is Cc1cc(C#N)cc2c1cc(Cc1c(Cl)cnc(C(=O)N3CCC(C)CC3)c1Cl)n2C.Cc1cc(C#N)cc2c1cc(Cc1c(Cl)cnc(C(=O)N3CCC(C4CCC4)CC3)c1Cl)n2C.Cc1cc(C#N)cc2c1cc(Cc1c(Cl)cnc(C(=O)N3CCOCC3)c1Cl)n2C.Cc1cc(C(C)(F)F)cc2c1cc(Cc1c(Cl)cnc(C(=O)N3CCOCC3)c1Cl)n2C. The second-order valence-corrected chi connectivity index (χ2v) is 36.8. The minimum Gasteiger partial charge on any atom is -0.378 e. The van der Waals surface area contributed by atoms with E-state index < -0.39 is 5.92 Å². The molecule has 17 rings (SSSR count). The van der Waals surface area contributed by atoms with E-state index in [9.17, 15) is 43.7 Å². The van der Waals surface area contributed by atoms with Gasteiger partial charge in [0.25, 0.3) is 29.6 Å². The molecule has 0 N–H and O–H groups in total. The molecule has 31 heteroatoms. The number of halogens is 10. The van der Waals surface area contributed by atoms with Crippen molar-refractivity contribution in [1.82, 2.24) is 57.8 Å². The Morgan fingerprint density at radius 2 is 0.654 bits per heavy atom. The van der Waals surface area contributed by atoms with Crippen molar-refractivity contribution < 1.29 is 37.4 Å². The summed E-state index contributed by atoms with van der Waals surface area (Å²) >= 11 is 52.5. The number of hydrogen-bond donors (Lipinski definition) is 0. The molecule has 0 unspecified atom stereocenters. The monoisotopic (exact) mass is 1870 g/mol. The van der Waals surface area contributed by atoms with E-state index in [0.717, 1.165) is 154 Å². The fourth-order valence-electron chi connectivity index (χ4n) is 17.6. The van der Waals surface area contributed by atoms with Gasteiger partial charge in [-0.25, -0.2) is 28.7 Å². The number of benzene rings is 4. The van der Waals surface area contributed by atoms with Crippen LogP contribution in [0, 0.1) is 79.4 Å². The lowest BCUT2D eigenvalue weighted by Gasteiger charge is -2.39. The summed E-state index contributed by atoms with van der Waals surface area (Å²) in [4.78, 5) is 76.3. The van der Waals surface area contributed by atoms with Crippen LogP contribution < -0.4 is 0 Å². The lowest BCUT2D eigenvalue weighted by atomic mass is 9.72. The molecule has 0 radical (unpaired) electrons. The Balaban J connectivity index is 0.000000137. The van der Waals surface area contributed by atoms with Crippen LogP contribution >= 0.6 is 92.8 Å². The van der Waals surface area contributed by atoms with Gasteiger partial charge in [-0.1, -0.05) is 119 Å². The Morgan fingerprint density at radius 3 is 0.921 bits per heavy atom. The highest BCUT2D eigenvalue weighted by Gasteiger charge is 2.36. The highest BCUT2D eigenvalue weighted by atomic mass is 35.5. The van der Waals surface area contributed by atoms with Crippen molar-refractivity contribution in [3.8, 4) is 18.2 Å². The first-order valence-electron chi connectivity index (χ1n) is 42.2. The number of nitrogens with zero attached hydrogens (tertiary/aromatic N) is 15. The van der Waals surface area contributed by atoms with E-state index in [0.29, 0.717) is 159 Å². The molecule has 0 bridgehead atoms. The zero-order valence-electron chi connectivity index (χ0n) is 72.2. The number of hydrogen-bond acceptors (Lipinski definition) is 13. The number of morpholine rings is 2. The van der Waals surface area contributed by atoms with Crippen LogP contribution in [0.4, 0.5) is 8.78 Å². The molecular weight excluding hydrogens is 1780 g/mol. The molecule has 12 aromatic rings. The molecule has 4 amide bonds. The third kappa shape index (κ3) is 19.8. The van der Waals surface area contributed by atoms with E-state index in [-0.39, 0.29) is 62.0 Å². The summed E-state index contributed by atoms with van der Waals surface area (Å²) in [5.74, 6) is -1.43. The number of carbonyl (C=O) groups excluding carboxylic acids is 4. The third-order valence-electron chi connectivity index (χ3n) is 25.6. The summed E-state index contributed by atoms with van der Waals surface area (Å²) < 4.78 is 46.5. The molecule has 4 aliphatic heterocycles. The van der Waals surface area contributed by atoms with Crippen LogP contribution in [0.1, 0.15) is 190 Å². The largest absolute Gasteiger partial charge is 0.378 e. The summed E-state index contributed by atoms with van der Waals surface area (Å²) in [6, 6.07) is 29.2. The topological polar surface area (TPSA) is 242 Å². The number of alkyl halides is 2. The standard InChI is InChI=1S/C27H28Cl2N4O.C24H24Cl2N4O.C23H23Cl2F2N3O2.C22H20Cl2N4O2/c1-16-10-17(14-30)11-24-21(16)12-20(32(24)2)13-22-23(28)15-31-26(25(22)29)27(34)33-8-6-19(7-9-33)18-4-3-5-18;1-14-4-6-30(7-5-14)24(31)23-22(26)19(20(25)13-28-23)11-17-10-18-15(2)8-16(12-27)9-21(18)29(17)3;1-13-8-14(23(2,26)27)9-19-16(13)10-15(29(19)3)11-17-18(24)12-28-21(20(17)25)22(31)30-4-6-32-7-5-30;1-13-7-14(11-25)8-19-16(13)9-15(27(19)2)10-17-18(23)12-26-21(20(17)24)22(29)28-3-5-30-6-4-28/h10-12,15,18-19H,3-9,13H2,1-2H3;8-10,13-14H,4-7,11H2,1-3H3;8-10,12H,4-7,11H2,1-3H3;7-9,12H,3-6,10H2,1-2H3. The van der Waals surface area contributed by atoms with Crippen molar-refractivity contribution in [2.24, 2.45) is 45.9 Å². The molecule has 1 aliphatic carbocycles. The van der Waals surface area contributed by atoms with Gasteiger partial charge >= 0.3 is 0 Å². The Bertz CT molecular complexity index is 6460.